The van der Waals surface area contributed by atoms with Crippen molar-refractivity contribution in [1.29, 1.82) is 0 Å². The fourth-order valence-corrected chi connectivity index (χ4v) is 1.76. The predicted molar refractivity (Wildman–Crippen MR) is 66.7 cm³/mol. The zero-order chi connectivity index (χ0) is 13.0. The third-order valence-corrected chi connectivity index (χ3v) is 2.54. The van der Waals surface area contributed by atoms with Gasteiger partial charge in [0.25, 0.3) is 0 Å². The van der Waals surface area contributed by atoms with E-state index in [0.29, 0.717) is 30.9 Å². The second kappa shape index (κ2) is 5.50. The van der Waals surface area contributed by atoms with Crippen molar-refractivity contribution in [2.24, 2.45) is 16.5 Å². The molecule has 96 valence electrons. The number of carbonyl (C=O) groups excluding carboxylic acids is 1. The molecule has 1 aromatic carbocycles. The average Bonchev–Trinajstić information content (AvgIpc) is 2.40. The summed E-state index contributed by atoms with van der Waals surface area (Å²) in [7, 11) is 0. The summed E-state index contributed by atoms with van der Waals surface area (Å²) in [6, 6.07) is 5.12. The summed E-state index contributed by atoms with van der Waals surface area (Å²) in [5, 5.41) is 0. The Morgan fingerprint density at radius 2 is 2.06 bits per heavy atom. The largest absolute Gasteiger partial charge is 0.460 e. The van der Waals surface area contributed by atoms with Gasteiger partial charge in [0.1, 0.15) is 6.61 Å². The highest BCUT2D eigenvalue weighted by atomic mass is 16.6. The molecule has 6 nitrogen and oxygen atoms in total. The number of nitrogens with zero attached hydrogens (tertiary/aromatic N) is 1. The standard InChI is InChI=1S/C12H15N3O3/c13-12(14)15-9-1-2-10-8(7-9)3-4-17-5-6-18-11(10)16/h1-2,7H,3-6H2,(H4,13,14,15). The van der Waals surface area contributed by atoms with Crippen molar-refractivity contribution < 1.29 is 14.3 Å². The molecule has 0 bridgehead atoms. The Hall–Kier alpha value is -2.08. The Kier molecular flexibility index (Phi) is 3.78. The van der Waals surface area contributed by atoms with Crippen LogP contribution in [0.3, 0.4) is 0 Å². The van der Waals surface area contributed by atoms with E-state index >= 15 is 0 Å². The van der Waals surface area contributed by atoms with Crippen LogP contribution in [0.25, 0.3) is 0 Å². The summed E-state index contributed by atoms with van der Waals surface area (Å²) >= 11 is 0. The molecule has 0 unspecified atom stereocenters. The summed E-state index contributed by atoms with van der Waals surface area (Å²) in [6.07, 6.45) is 0.623. The van der Waals surface area contributed by atoms with Gasteiger partial charge in [0.2, 0.25) is 0 Å². The van der Waals surface area contributed by atoms with Gasteiger partial charge in [-0.3, -0.25) is 0 Å². The molecule has 1 aromatic rings. The van der Waals surface area contributed by atoms with Gasteiger partial charge in [-0.15, -0.1) is 0 Å². The number of guanidine groups is 1. The highest BCUT2D eigenvalue weighted by molar-refractivity contribution is 5.92. The van der Waals surface area contributed by atoms with Gasteiger partial charge in [0, 0.05) is 0 Å². The molecular formula is C12H15N3O3. The molecule has 0 saturated heterocycles. The maximum Gasteiger partial charge on any atom is 0.338 e. The van der Waals surface area contributed by atoms with Gasteiger partial charge < -0.3 is 20.9 Å². The molecule has 0 radical (unpaired) electrons. The number of carbonyl (C=O) groups is 1. The number of benzene rings is 1. The number of nitrogens with two attached hydrogens (primary N) is 2. The first-order valence-corrected chi connectivity index (χ1v) is 5.64. The Bertz CT molecular complexity index is 481. The lowest BCUT2D eigenvalue weighted by molar-refractivity contribution is 0.0343. The average molecular weight is 249 g/mol. The van der Waals surface area contributed by atoms with E-state index in [-0.39, 0.29) is 18.5 Å². The molecule has 0 saturated carbocycles. The monoisotopic (exact) mass is 249 g/mol. The van der Waals surface area contributed by atoms with Gasteiger partial charge >= 0.3 is 5.97 Å². The predicted octanol–water partition coefficient (Wildman–Crippen LogP) is 0.321. The number of esters is 1. The van der Waals surface area contributed by atoms with Crippen molar-refractivity contribution in [1.82, 2.24) is 0 Å². The van der Waals surface area contributed by atoms with Crippen LogP contribution in [-0.2, 0) is 15.9 Å². The van der Waals surface area contributed by atoms with Crippen molar-refractivity contribution in [3.63, 3.8) is 0 Å². The Morgan fingerprint density at radius 3 is 2.83 bits per heavy atom. The second-order valence-electron chi connectivity index (χ2n) is 3.88. The molecule has 1 aliphatic rings. The molecule has 4 N–H and O–H groups in total. The topological polar surface area (TPSA) is 99.9 Å². The van der Waals surface area contributed by atoms with Crippen LogP contribution in [0.2, 0.25) is 0 Å². The molecule has 0 spiro atoms. The SMILES string of the molecule is NC(N)=Nc1ccc2c(c1)CCOCCOC2=O. The fraction of sp³-hybridized carbons (Fsp3) is 0.333. The van der Waals surface area contributed by atoms with E-state index in [9.17, 15) is 4.79 Å². The molecule has 0 aromatic heterocycles. The number of aliphatic imine (C=N–C) groups is 1. The summed E-state index contributed by atoms with van der Waals surface area (Å²) in [5.41, 5.74) is 12.6. The zero-order valence-electron chi connectivity index (χ0n) is 9.89. The van der Waals surface area contributed by atoms with Crippen LogP contribution >= 0.6 is 0 Å². The van der Waals surface area contributed by atoms with Crippen LogP contribution in [0.1, 0.15) is 15.9 Å². The Labute approximate surface area is 105 Å². The molecule has 6 heteroatoms. The number of fused-ring (bicyclic) bond motifs is 1. The molecule has 1 aliphatic heterocycles. The quantitative estimate of drug-likeness (QED) is 0.424. The maximum absolute atomic E-state index is 11.8. The number of cyclic esters (lactones) is 1. The van der Waals surface area contributed by atoms with Crippen molar-refractivity contribution >= 4 is 17.6 Å². The van der Waals surface area contributed by atoms with Crippen LogP contribution in [0.4, 0.5) is 5.69 Å². The first-order chi connectivity index (χ1) is 8.66. The van der Waals surface area contributed by atoms with Gasteiger partial charge in [0.05, 0.1) is 24.5 Å². The minimum Gasteiger partial charge on any atom is -0.460 e. The minimum absolute atomic E-state index is 0.0168. The lowest BCUT2D eigenvalue weighted by Crippen LogP contribution is -2.21. The number of hydrogen-bond acceptors (Lipinski definition) is 4. The summed E-state index contributed by atoms with van der Waals surface area (Å²) in [4.78, 5) is 15.7. The fourth-order valence-electron chi connectivity index (χ4n) is 1.76. The molecular weight excluding hydrogens is 234 g/mol. The van der Waals surface area contributed by atoms with E-state index in [1.807, 2.05) is 0 Å². The molecule has 0 atom stereocenters. The van der Waals surface area contributed by atoms with Gasteiger partial charge in [0.15, 0.2) is 5.96 Å². The highest BCUT2D eigenvalue weighted by Gasteiger charge is 2.15. The molecule has 0 fully saturated rings. The van der Waals surface area contributed by atoms with Crippen molar-refractivity contribution in [3.05, 3.63) is 29.3 Å². The highest BCUT2D eigenvalue weighted by Crippen LogP contribution is 2.20. The molecule has 1 heterocycles. The summed E-state index contributed by atoms with van der Waals surface area (Å²) in [5.74, 6) is -0.358. The molecule has 0 amide bonds. The maximum atomic E-state index is 11.8. The Balaban J connectivity index is 2.36. The summed E-state index contributed by atoms with van der Waals surface area (Å²) in [6.45, 7) is 1.23. The van der Waals surface area contributed by atoms with E-state index in [1.165, 1.54) is 0 Å². The second-order valence-corrected chi connectivity index (χ2v) is 3.88. The van der Waals surface area contributed by atoms with Gasteiger partial charge in [-0.25, -0.2) is 9.79 Å². The lowest BCUT2D eigenvalue weighted by Gasteiger charge is -2.07. The number of ether oxygens (including phenoxy) is 2. The van der Waals surface area contributed by atoms with E-state index in [2.05, 4.69) is 4.99 Å². The smallest absolute Gasteiger partial charge is 0.338 e. The van der Waals surface area contributed by atoms with Crippen LogP contribution in [0.5, 0.6) is 0 Å². The van der Waals surface area contributed by atoms with Gasteiger partial charge in [-0.2, -0.15) is 0 Å². The van der Waals surface area contributed by atoms with E-state index in [0.717, 1.165) is 5.56 Å². The minimum atomic E-state index is -0.341. The van der Waals surface area contributed by atoms with Crippen molar-refractivity contribution in [2.75, 3.05) is 19.8 Å². The van der Waals surface area contributed by atoms with Crippen LogP contribution in [-0.4, -0.2) is 31.7 Å². The van der Waals surface area contributed by atoms with E-state index in [1.54, 1.807) is 18.2 Å². The molecule has 2 rings (SSSR count). The first-order valence-electron chi connectivity index (χ1n) is 5.64. The molecule has 18 heavy (non-hydrogen) atoms. The third-order valence-electron chi connectivity index (χ3n) is 2.54. The zero-order valence-corrected chi connectivity index (χ0v) is 9.89. The third kappa shape index (κ3) is 2.98. The van der Waals surface area contributed by atoms with Crippen molar-refractivity contribution in [3.8, 4) is 0 Å². The first kappa shape index (κ1) is 12.4. The van der Waals surface area contributed by atoms with E-state index < -0.39 is 0 Å². The summed E-state index contributed by atoms with van der Waals surface area (Å²) < 4.78 is 10.4. The van der Waals surface area contributed by atoms with E-state index in [4.69, 9.17) is 20.9 Å². The van der Waals surface area contributed by atoms with Gasteiger partial charge in [-0.05, 0) is 30.2 Å². The number of rotatable bonds is 1. The normalized spacial score (nSPS) is 15.7. The van der Waals surface area contributed by atoms with Gasteiger partial charge in [-0.1, -0.05) is 0 Å². The van der Waals surface area contributed by atoms with Crippen LogP contribution in [0, 0.1) is 0 Å². The molecule has 0 aliphatic carbocycles. The Morgan fingerprint density at radius 1 is 1.22 bits per heavy atom. The lowest BCUT2D eigenvalue weighted by atomic mass is 10.0. The van der Waals surface area contributed by atoms with Crippen LogP contribution in [0.15, 0.2) is 23.2 Å². The van der Waals surface area contributed by atoms with Crippen LogP contribution < -0.4 is 11.5 Å². The van der Waals surface area contributed by atoms with Crippen molar-refractivity contribution in [2.45, 2.75) is 6.42 Å². The number of hydrogen-bond donors (Lipinski definition) is 2.